The number of hydrogen-bond donors (Lipinski definition) is 1. The Balaban J connectivity index is 1.62. The van der Waals surface area contributed by atoms with E-state index in [2.05, 4.69) is 10.4 Å². The van der Waals surface area contributed by atoms with Crippen LogP contribution in [0.3, 0.4) is 0 Å². The summed E-state index contributed by atoms with van der Waals surface area (Å²) in [7, 11) is 1.89. The molecule has 1 unspecified atom stereocenters. The molecule has 0 radical (unpaired) electrons. The second-order valence-electron chi connectivity index (χ2n) is 5.08. The third-order valence-corrected chi connectivity index (χ3v) is 6.34. The van der Waals surface area contributed by atoms with Crippen molar-refractivity contribution in [2.45, 2.75) is 23.8 Å². The molecule has 0 aromatic carbocycles. The first-order chi connectivity index (χ1) is 9.74. The SMILES string of the molecule is Cn1cc([C@H]2OCC[C@@H]2NC(=O)C2CSCCS2)cn1. The molecule has 2 saturated heterocycles. The van der Waals surface area contributed by atoms with Gasteiger partial charge in [0.15, 0.2) is 0 Å². The first kappa shape index (κ1) is 14.3. The summed E-state index contributed by atoms with van der Waals surface area (Å²) in [6.07, 6.45) is 4.59. The number of hydrogen-bond acceptors (Lipinski definition) is 5. The second-order valence-corrected chi connectivity index (χ2v) is 7.54. The van der Waals surface area contributed by atoms with Gasteiger partial charge in [0.25, 0.3) is 0 Å². The Bertz CT molecular complexity index is 474. The summed E-state index contributed by atoms with van der Waals surface area (Å²) in [4.78, 5) is 12.3. The number of ether oxygens (including phenoxy) is 1. The van der Waals surface area contributed by atoms with Crippen LogP contribution in [0.1, 0.15) is 18.1 Å². The minimum absolute atomic E-state index is 0.0612. The Morgan fingerprint density at radius 3 is 3.15 bits per heavy atom. The fourth-order valence-electron chi connectivity index (χ4n) is 2.57. The fourth-order valence-corrected chi connectivity index (χ4v) is 5.13. The lowest BCUT2D eigenvalue weighted by Gasteiger charge is -2.24. The van der Waals surface area contributed by atoms with E-state index < -0.39 is 0 Å². The van der Waals surface area contributed by atoms with E-state index in [4.69, 9.17) is 4.74 Å². The molecular weight excluding hydrogens is 294 g/mol. The van der Waals surface area contributed by atoms with E-state index in [0.29, 0.717) is 6.61 Å². The van der Waals surface area contributed by atoms with Gasteiger partial charge in [0.2, 0.25) is 5.91 Å². The number of thioether (sulfide) groups is 2. The largest absolute Gasteiger partial charge is 0.371 e. The predicted octanol–water partition coefficient (Wildman–Crippen LogP) is 1.21. The van der Waals surface area contributed by atoms with Crippen LogP contribution in [0.4, 0.5) is 0 Å². The Hall–Kier alpha value is -0.660. The molecule has 20 heavy (non-hydrogen) atoms. The third-order valence-electron chi connectivity index (χ3n) is 3.58. The molecule has 1 amide bonds. The number of rotatable bonds is 3. The van der Waals surface area contributed by atoms with E-state index in [0.717, 1.165) is 29.2 Å². The van der Waals surface area contributed by atoms with Crippen molar-refractivity contribution in [2.75, 3.05) is 23.9 Å². The van der Waals surface area contributed by atoms with Gasteiger partial charge in [-0.05, 0) is 6.42 Å². The van der Waals surface area contributed by atoms with Gasteiger partial charge >= 0.3 is 0 Å². The molecule has 1 aromatic rings. The van der Waals surface area contributed by atoms with Crippen molar-refractivity contribution in [3.05, 3.63) is 18.0 Å². The molecule has 110 valence electrons. The monoisotopic (exact) mass is 313 g/mol. The lowest BCUT2D eigenvalue weighted by atomic mass is 10.1. The average Bonchev–Trinajstić information content (AvgIpc) is 3.08. The summed E-state index contributed by atoms with van der Waals surface area (Å²) in [5.74, 6) is 3.29. The maximum atomic E-state index is 12.3. The molecule has 2 aliphatic rings. The normalized spacial score (nSPS) is 30.4. The Morgan fingerprint density at radius 1 is 1.55 bits per heavy atom. The number of aryl methyl sites for hydroxylation is 1. The van der Waals surface area contributed by atoms with Gasteiger partial charge in [0.1, 0.15) is 6.10 Å². The first-order valence-corrected chi connectivity index (χ1v) is 9.04. The molecule has 1 aromatic heterocycles. The minimum atomic E-state index is -0.0612. The van der Waals surface area contributed by atoms with Gasteiger partial charge in [0, 0.05) is 42.7 Å². The topological polar surface area (TPSA) is 56.1 Å². The van der Waals surface area contributed by atoms with Crippen molar-refractivity contribution in [2.24, 2.45) is 7.05 Å². The summed E-state index contributed by atoms with van der Waals surface area (Å²) in [6.45, 7) is 0.692. The zero-order chi connectivity index (χ0) is 13.9. The Kier molecular flexibility index (Phi) is 4.58. The number of carbonyl (C=O) groups is 1. The number of aromatic nitrogens is 2. The van der Waals surface area contributed by atoms with Crippen LogP contribution in [0.5, 0.6) is 0 Å². The van der Waals surface area contributed by atoms with Gasteiger partial charge in [-0.25, -0.2) is 0 Å². The van der Waals surface area contributed by atoms with Crippen molar-refractivity contribution in [1.29, 1.82) is 0 Å². The molecule has 3 rings (SSSR count). The molecule has 0 spiro atoms. The quantitative estimate of drug-likeness (QED) is 0.909. The van der Waals surface area contributed by atoms with E-state index in [1.54, 1.807) is 16.4 Å². The molecule has 5 nitrogen and oxygen atoms in total. The number of amides is 1. The molecule has 3 atom stereocenters. The second kappa shape index (κ2) is 6.41. The van der Waals surface area contributed by atoms with Crippen molar-refractivity contribution in [3.63, 3.8) is 0 Å². The van der Waals surface area contributed by atoms with Crippen LogP contribution in [0.25, 0.3) is 0 Å². The van der Waals surface area contributed by atoms with Crippen molar-refractivity contribution < 1.29 is 9.53 Å². The molecule has 2 aliphatic heterocycles. The molecule has 0 saturated carbocycles. The van der Waals surface area contributed by atoms with E-state index in [-0.39, 0.29) is 23.3 Å². The van der Waals surface area contributed by atoms with Crippen molar-refractivity contribution in [3.8, 4) is 0 Å². The highest BCUT2D eigenvalue weighted by Gasteiger charge is 2.33. The predicted molar refractivity (Wildman–Crippen MR) is 82.0 cm³/mol. The van der Waals surface area contributed by atoms with Crippen LogP contribution in [-0.2, 0) is 16.6 Å². The zero-order valence-electron chi connectivity index (χ0n) is 11.4. The van der Waals surface area contributed by atoms with E-state index >= 15 is 0 Å². The zero-order valence-corrected chi connectivity index (χ0v) is 13.1. The highest BCUT2D eigenvalue weighted by molar-refractivity contribution is 8.07. The minimum Gasteiger partial charge on any atom is -0.371 e. The highest BCUT2D eigenvalue weighted by atomic mass is 32.2. The summed E-state index contributed by atoms with van der Waals surface area (Å²) in [6, 6.07) is 0.0687. The number of carbonyl (C=O) groups excluding carboxylic acids is 1. The molecule has 3 heterocycles. The van der Waals surface area contributed by atoms with Gasteiger partial charge < -0.3 is 10.1 Å². The van der Waals surface area contributed by atoms with Crippen molar-refractivity contribution >= 4 is 29.4 Å². The fraction of sp³-hybridized carbons (Fsp3) is 0.692. The maximum absolute atomic E-state index is 12.3. The van der Waals surface area contributed by atoms with Crippen LogP contribution >= 0.6 is 23.5 Å². The van der Waals surface area contributed by atoms with Gasteiger partial charge in [-0.15, -0.1) is 11.8 Å². The molecule has 1 N–H and O–H groups in total. The van der Waals surface area contributed by atoms with E-state index in [1.807, 2.05) is 31.2 Å². The molecule has 0 aliphatic carbocycles. The van der Waals surface area contributed by atoms with Gasteiger partial charge in [-0.1, -0.05) is 0 Å². The standard InChI is InChI=1S/C13H19N3O2S2/c1-16-7-9(6-14-16)12-10(2-3-18-12)15-13(17)11-8-19-4-5-20-11/h6-7,10-12H,2-5,8H2,1H3,(H,15,17)/t10-,11?,12+/m0/s1. The van der Waals surface area contributed by atoms with E-state index in [9.17, 15) is 4.79 Å². The molecule has 2 fully saturated rings. The first-order valence-electron chi connectivity index (χ1n) is 6.84. The highest BCUT2D eigenvalue weighted by Crippen LogP contribution is 2.30. The number of nitrogens with zero attached hydrogens (tertiary/aromatic N) is 2. The van der Waals surface area contributed by atoms with Gasteiger partial charge in [-0.2, -0.15) is 16.9 Å². The van der Waals surface area contributed by atoms with Gasteiger partial charge in [-0.3, -0.25) is 9.48 Å². The molecule has 0 bridgehead atoms. The summed E-state index contributed by atoms with van der Waals surface area (Å²) in [5.41, 5.74) is 1.04. The van der Waals surface area contributed by atoms with Crippen LogP contribution in [0.15, 0.2) is 12.4 Å². The average molecular weight is 313 g/mol. The van der Waals surface area contributed by atoms with Crippen molar-refractivity contribution in [1.82, 2.24) is 15.1 Å². The Morgan fingerprint density at radius 2 is 2.45 bits per heavy atom. The van der Waals surface area contributed by atoms with Crippen LogP contribution in [-0.4, -0.2) is 50.8 Å². The molecular formula is C13H19N3O2S2. The maximum Gasteiger partial charge on any atom is 0.234 e. The van der Waals surface area contributed by atoms with E-state index in [1.165, 1.54) is 0 Å². The third kappa shape index (κ3) is 3.15. The molecule has 7 heteroatoms. The summed E-state index contributed by atoms with van der Waals surface area (Å²) in [5, 5.41) is 7.44. The smallest absolute Gasteiger partial charge is 0.234 e. The summed E-state index contributed by atoms with van der Waals surface area (Å²) >= 11 is 3.63. The van der Waals surface area contributed by atoms with Crippen LogP contribution in [0, 0.1) is 0 Å². The number of nitrogens with one attached hydrogen (secondary N) is 1. The Labute approximate surface area is 127 Å². The van der Waals surface area contributed by atoms with Crippen LogP contribution in [0.2, 0.25) is 0 Å². The summed E-state index contributed by atoms with van der Waals surface area (Å²) < 4.78 is 7.54. The van der Waals surface area contributed by atoms with Crippen LogP contribution < -0.4 is 5.32 Å². The lowest BCUT2D eigenvalue weighted by Crippen LogP contribution is -2.43. The van der Waals surface area contributed by atoms with Gasteiger partial charge in [0.05, 0.1) is 17.5 Å². The lowest BCUT2D eigenvalue weighted by molar-refractivity contribution is -0.121.